The molecule has 160 valence electrons. The first-order chi connectivity index (χ1) is 14.9. The molecule has 3 rings (SSSR count). The van der Waals surface area contributed by atoms with Crippen molar-refractivity contribution in [2.24, 2.45) is 0 Å². The molecule has 0 bridgehead atoms. The monoisotopic (exact) mass is 439 g/mol. The lowest BCUT2D eigenvalue weighted by Crippen LogP contribution is -2.26. The van der Waals surface area contributed by atoms with E-state index in [0.717, 1.165) is 11.1 Å². The molecule has 8 heteroatoms. The van der Waals surface area contributed by atoms with E-state index in [1.807, 2.05) is 19.1 Å². The fourth-order valence-corrected chi connectivity index (χ4v) is 2.86. The Hall–Kier alpha value is -3.58. The number of aromatic nitrogens is 1. The largest absolute Gasteiger partial charge is 0.481 e. The molecule has 31 heavy (non-hydrogen) atoms. The molecule has 0 aliphatic carbocycles. The number of benzene rings is 2. The molecule has 2 N–H and O–H groups in total. The molecule has 0 spiro atoms. The third-order valence-electron chi connectivity index (χ3n) is 4.50. The van der Waals surface area contributed by atoms with Gasteiger partial charge in [0.05, 0.1) is 18.7 Å². The van der Waals surface area contributed by atoms with Crippen LogP contribution >= 0.6 is 11.6 Å². The van der Waals surface area contributed by atoms with Crippen LogP contribution in [0.15, 0.2) is 66.9 Å². The van der Waals surface area contributed by atoms with E-state index in [1.54, 1.807) is 48.5 Å². The zero-order chi connectivity index (χ0) is 22.2. The second-order valence-corrected chi connectivity index (χ2v) is 7.17. The standard InChI is InChI=1S/C23H22ClN3O4/c1-15(26-22(28)18-7-12-21(30-2)25-13-18)17-5-10-20(11-6-17)27-23(29)31-14-16-3-8-19(24)9-4-16/h3-13,15H,14H2,1-2H3,(H,26,28)(H,27,29). The maximum atomic E-state index is 12.4. The molecule has 0 fully saturated rings. The van der Waals surface area contributed by atoms with Gasteiger partial charge in [0.25, 0.3) is 5.91 Å². The van der Waals surface area contributed by atoms with E-state index in [1.165, 1.54) is 13.3 Å². The molecule has 0 aliphatic heterocycles. The fraction of sp³-hybridized carbons (Fsp3) is 0.174. The Balaban J connectivity index is 1.50. The normalized spacial score (nSPS) is 11.3. The number of nitrogens with one attached hydrogen (secondary N) is 2. The van der Waals surface area contributed by atoms with E-state index in [0.29, 0.717) is 22.2 Å². The average molecular weight is 440 g/mol. The molecule has 1 unspecified atom stereocenters. The predicted molar refractivity (Wildman–Crippen MR) is 118 cm³/mol. The Morgan fingerprint density at radius 1 is 1.03 bits per heavy atom. The van der Waals surface area contributed by atoms with E-state index >= 15 is 0 Å². The maximum absolute atomic E-state index is 12.4. The minimum atomic E-state index is -0.559. The lowest BCUT2D eigenvalue weighted by atomic mass is 10.1. The number of methoxy groups -OCH3 is 1. The van der Waals surface area contributed by atoms with Gasteiger partial charge in [-0.25, -0.2) is 9.78 Å². The molecule has 1 atom stereocenters. The first kappa shape index (κ1) is 22.1. The van der Waals surface area contributed by atoms with Gasteiger partial charge in [0.15, 0.2) is 0 Å². The van der Waals surface area contributed by atoms with Gasteiger partial charge in [0.1, 0.15) is 6.61 Å². The van der Waals surface area contributed by atoms with Crippen molar-refractivity contribution >= 4 is 29.3 Å². The van der Waals surface area contributed by atoms with Crippen molar-refractivity contribution in [3.05, 3.63) is 88.6 Å². The Morgan fingerprint density at radius 2 is 1.74 bits per heavy atom. The first-order valence-electron chi connectivity index (χ1n) is 9.53. The molecule has 0 saturated heterocycles. The number of hydrogen-bond acceptors (Lipinski definition) is 5. The van der Waals surface area contributed by atoms with Gasteiger partial charge in [0.2, 0.25) is 5.88 Å². The summed E-state index contributed by atoms with van der Waals surface area (Å²) in [4.78, 5) is 28.4. The maximum Gasteiger partial charge on any atom is 0.411 e. The molecule has 7 nitrogen and oxygen atoms in total. The molecule has 1 heterocycles. The number of anilines is 1. The van der Waals surface area contributed by atoms with Crippen LogP contribution in [0.1, 0.15) is 34.5 Å². The van der Waals surface area contributed by atoms with Crippen molar-refractivity contribution in [3.8, 4) is 5.88 Å². The number of hydrogen-bond donors (Lipinski definition) is 2. The van der Waals surface area contributed by atoms with Crippen LogP contribution in [0.25, 0.3) is 0 Å². The number of amides is 2. The van der Waals surface area contributed by atoms with Crippen LogP contribution in [0, 0.1) is 0 Å². The number of carbonyl (C=O) groups excluding carboxylic acids is 2. The summed E-state index contributed by atoms with van der Waals surface area (Å²) in [5, 5.41) is 6.21. The number of ether oxygens (including phenoxy) is 2. The quantitative estimate of drug-likeness (QED) is 0.541. The van der Waals surface area contributed by atoms with Gasteiger partial charge in [-0.15, -0.1) is 0 Å². The van der Waals surface area contributed by atoms with Gasteiger partial charge in [-0.05, 0) is 48.4 Å². The molecule has 0 saturated carbocycles. The Kier molecular flexibility index (Phi) is 7.45. The topological polar surface area (TPSA) is 89.6 Å². The van der Waals surface area contributed by atoms with Crippen molar-refractivity contribution in [1.82, 2.24) is 10.3 Å². The van der Waals surface area contributed by atoms with Gasteiger partial charge in [-0.1, -0.05) is 35.9 Å². The van der Waals surface area contributed by atoms with Crippen molar-refractivity contribution in [2.75, 3.05) is 12.4 Å². The molecule has 2 aromatic carbocycles. The van der Waals surface area contributed by atoms with E-state index in [4.69, 9.17) is 21.1 Å². The van der Waals surface area contributed by atoms with Crippen LogP contribution in [-0.2, 0) is 11.3 Å². The first-order valence-corrected chi connectivity index (χ1v) is 9.91. The number of halogens is 1. The summed E-state index contributed by atoms with van der Waals surface area (Å²) in [5.74, 6) is 0.204. The summed E-state index contributed by atoms with van der Waals surface area (Å²) < 4.78 is 10.2. The summed E-state index contributed by atoms with van der Waals surface area (Å²) >= 11 is 5.84. The van der Waals surface area contributed by atoms with Gasteiger partial charge < -0.3 is 14.8 Å². The van der Waals surface area contributed by atoms with E-state index < -0.39 is 6.09 Å². The minimum Gasteiger partial charge on any atom is -0.481 e. The number of rotatable bonds is 7. The molecule has 0 aliphatic rings. The highest BCUT2D eigenvalue weighted by Gasteiger charge is 2.12. The van der Waals surface area contributed by atoms with Crippen LogP contribution in [0.3, 0.4) is 0 Å². The summed E-state index contributed by atoms with van der Waals surface area (Å²) in [5.41, 5.74) is 2.75. The lowest BCUT2D eigenvalue weighted by Gasteiger charge is -2.15. The Labute approximate surface area is 185 Å². The third-order valence-corrected chi connectivity index (χ3v) is 4.75. The third kappa shape index (κ3) is 6.45. The Morgan fingerprint density at radius 3 is 2.35 bits per heavy atom. The number of pyridine rings is 1. The van der Waals surface area contributed by atoms with Crippen molar-refractivity contribution in [3.63, 3.8) is 0 Å². The molecule has 3 aromatic rings. The van der Waals surface area contributed by atoms with Crippen LogP contribution in [0.4, 0.5) is 10.5 Å². The zero-order valence-electron chi connectivity index (χ0n) is 17.1. The van der Waals surface area contributed by atoms with Gasteiger partial charge in [-0.3, -0.25) is 10.1 Å². The van der Waals surface area contributed by atoms with E-state index in [2.05, 4.69) is 15.6 Å². The molecule has 1 aromatic heterocycles. The summed E-state index contributed by atoms with van der Waals surface area (Å²) in [6, 6.07) is 17.3. The minimum absolute atomic E-state index is 0.143. The van der Waals surface area contributed by atoms with E-state index in [9.17, 15) is 9.59 Å². The van der Waals surface area contributed by atoms with E-state index in [-0.39, 0.29) is 18.6 Å². The summed E-state index contributed by atoms with van der Waals surface area (Å²) in [7, 11) is 1.52. The van der Waals surface area contributed by atoms with Gasteiger partial charge >= 0.3 is 6.09 Å². The predicted octanol–water partition coefficient (Wildman–Crippen LogP) is 4.98. The van der Waals surface area contributed by atoms with Crippen LogP contribution in [0.2, 0.25) is 5.02 Å². The summed E-state index contributed by atoms with van der Waals surface area (Å²) in [6.07, 6.45) is 0.903. The molecular formula is C23H22ClN3O4. The average Bonchev–Trinajstić information content (AvgIpc) is 2.79. The zero-order valence-corrected chi connectivity index (χ0v) is 17.8. The van der Waals surface area contributed by atoms with Crippen LogP contribution in [0.5, 0.6) is 5.88 Å². The molecular weight excluding hydrogens is 418 g/mol. The van der Waals surface area contributed by atoms with Crippen molar-refractivity contribution in [1.29, 1.82) is 0 Å². The molecule has 0 radical (unpaired) electrons. The second kappa shape index (κ2) is 10.4. The highest BCUT2D eigenvalue weighted by molar-refractivity contribution is 6.30. The molecule has 2 amide bonds. The van der Waals surface area contributed by atoms with Crippen LogP contribution < -0.4 is 15.4 Å². The Bertz CT molecular complexity index is 1020. The second-order valence-electron chi connectivity index (χ2n) is 6.73. The van der Waals surface area contributed by atoms with Gasteiger partial charge in [0, 0.05) is 23.0 Å². The number of nitrogens with zero attached hydrogens (tertiary/aromatic N) is 1. The van der Waals surface area contributed by atoms with Crippen LogP contribution in [-0.4, -0.2) is 24.1 Å². The highest BCUT2D eigenvalue weighted by atomic mass is 35.5. The van der Waals surface area contributed by atoms with Crippen molar-refractivity contribution < 1.29 is 19.1 Å². The fourth-order valence-electron chi connectivity index (χ4n) is 2.74. The highest BCUT2D eigenvalue weighted by Crippen LogP contribution is 2.18. The van der Waals surface area contributed by atoms with Crippen molar-refractivity contribution in [2.45, 2.75) is 19.6 Å². The lowest BCUT2D eigenvalue weighted by molar-refractivity contribution is 0.0939. The van der Waals surface area contributed by atoms with Gasteiger partial charge in [-0.2, -0.15) is 0 Å². The SMILES string of the molecule is COc1ccc(C(=O)NC(C)c2ccc(NC(=O)OCc3ccc(Cl)cc3)cc2)cn1. The number of carbonyl (C=O) groups is 2. The summed E-state index contributed by atoms with van der Waals surface area (Å²) in [6.45, 7) is 2.02. The smallest absolute Gasteiger partial charge is 0.411 e.